The number of hydrogen-bond donors (Lipinski definition) is 0. The second kappa shape index (κ2) is 9.56. The number of carbonyl (C=O) groups is 1. The van der Waals surface area contributed by atoms with E-state index in [1.54, 1.807) is 19.1 Å². The van der Waals surface area contributed by atoms with Gasteiger partial charge in [0.15, 0.2) is 5.15 Å². The number of carbonyl (C=O) groups excluding carboxylic acids is 1. The van der Waals surface area contributed by atoms with E-state index < -0.39 is 5.97 Å². The summed E-state index contributed by atoms with van der Waals surface area (Å²) in [6.45, 7) is 1.88. The maximum absolute atomic E-state index is 12.0. The van der Waals surface area contributed by atoms with Crippen molar-refractivity contribution in [2.75, 3.05) is 14.2 Å². The molecule has 0 N–H and O–H groups in total. The molecule has 0 amide bonds. The maximum Gasteiger partial charge on any atom is 0.341 e. The van der Waals surface area contributed by atoms with Crippen molar-refractivity contribution in [2.45, 2.75) is 13.5 Å². The summed E-state index contributed by atoms with van der Waals surface area (Å²) in [5.41, 5.74) is 2.21. The van der Waals surface area contributed by atoms with Gasteiger partial charge in [-0.3, -0.25) is 0 Å². The van der Waals surface area contributed by atoms with E-state index in [2.05, 4.69) is 9.53 Å². The molecule has 0 saturated heterocycles. The molecule has 26 heavy (non-hydrogen) atoms. The number of nitrogens with zero attached hydrogens (tertiary/aromatic N) is 2. The third-order valence-corrected chi connectivity index (χ3v) is 5.20. The van der Waals surface area contributed by atoms with Crippen molar-refractivity contribution in [2.24, 2.45) is 5.16 Å². The fraction of sp³-hybridized carbons (Fsp3) is 0.235. The Labute approximate surface area is 165 Å². The summed E-state index contributed by atoms with van der Waals surface area (Å²) in [6, 6.07) is 7.24. The van der Waals surface area contributed by atoms with Crippen molar-refractivity contribution in [1.82, 2.24) is 4.37 Å². The van der Waals surface area contributed by atoms with Gasteiger partial charge in [0.05, 0.1) is 36.1 Å². The van der Waals surface area contributed by atoms with Gasteiger partial charge in [0.1, 0.15) is 12.2 Å². The lowest BCUT2D eigenvalue weighted by Crippen LogP contribution is -2.07. The first kappa shape index (κ1) is 20.2. The van der Waals surface area contributed by atoms with Crippen LogP contribution in [-0.4, -0.2) is 30.3 Å². The van der Waals surface area contributed by atoms with Crippen LogP contribution in [0.3, 0.4) is 0 Å². The van der Waals surface area contributed by atoms with E-state index in [4.69, 9.17) is 37.5 Å². The van der Waals surface area contributed by atoms with Crippen LogP contribution < -0.4 is 0 Å². The normalized spacial score (nSPS) is 12.0. The van der Waals surface area contributed by atoms with Gasteiger partial charge < -0.3 is 14.3 Å². The minimum Gasteiger partial charge on any atom is -0.503 e. The zero-order valence-electron chi connectivity index (χ0n) is 14.3. The highest BCUT2D eigenvalue weighted by atomic mass is 35.5. The molecule has 2 aromatic rings. The molecular formula is C17H16Cl2N2O4S. The maximum atomic E-state index is 12.0. The van der Waals surface area contributed by atoms with Gasteiger partial charge in [-0.2, -0.15) is 4.37 Å². The van der Waals surface area contributed by atoms with Crippen LogP contribution in [0.5, 0.6) is 0 Å². The van der Waals surface area contributed by atoms with Crippen LogP contribution in [0.15, 0.2) is 35.7 Å². The molecule has 0 aliphatic rings. The number of methoxy groups -OCH3 is 2. The van der Waals surface area contributed by atoms with Gasteiger partial charge >= 0.3 is 5.97 Å². The van der Waals surface area contributed by atoms with E-state index in [1.165, 1.54) is 20.5 Å². The second-order valence-corrected chi connectivity index (χ2v) is 6.49. The average Bonchev–Trinajstić information content (AvgIpc) is 2.98. The number of esters is 1. The molecule has 0 unspecified atom stereocenters. The quantitative estimate of drug-likeness (QED) is 0.218. The zero-order chi connectivity index (χ0) is 19.1. The molecule has 0 radical (unpaired) electrons. The molecule has 0 atom stereocenters. The monoisotopic (exact) mass is 414 g/mol. The van der Waals surface area contributed by atoms with Gasteiger partial charge in [-0.05, 0) is 24.0 Å². The van der Waals surface area contributed by atoms with Gasteiger partial charge in [0.25, 0.3) is 0 Å². The highest BCUT2D eigenvalue weighted by Crippen LogP contribution is 2.29. The van der Waals surface area contributed by atoms with Crippen LogP contribution in [0.1, 0.15) is 22.9 Å². The lowest BCUT2D eigenvalue weighted by molar-refractivity contribution is -0.133. The molecule has 0 fully saturated rings. The van der Waals surface area contributed by atoms with Crippen LogP contribution in [0, 0.1) is 0 Å². The topological polar surface area (TPSA) is 70.0 Å². The predicted octanol–water partition coefficient (Wildman–Crippen LogP) is 4.55. The van der Waals surface area contributed by atoms with Crippen molar-refractivity contribution in [1.29, 1.82) is 0 Å². The first-order chi connectivity index (χ1) is 12.5. The Morgan fingerprint density at radius 1 is 1.31 bits per heavy atom. The Balaban J connectivity index is 2.20. The van der Waals surface area contributed by atoms with Gasteiger partial charge in [-0.15, -0.1) is 0 Å². The number of benzene rings is 1. The largest absolute Gasteiger partial charge is 0.503 e. The van der Waals surface area contributed by atoms with Crippen LogP contribution in [0.2, 0.25) is 10.2 Å². The zero-order valence-corrected chi connectivity index (χ0v) is 16.6. The SMILES string of the molecule is CO/C=C(/C(=O)OC)c1ccccc1CO/N=C(\C)c1snc(Cl)c1Cl. The number of rotatable bonds is 7. The lowest BCUT2D eigenvalue weighted by atomic mass is 10.0. The smallest absolute Gasteiger partial charge is 0.341 e. The van der Waals surface area contributed by atoms with E-state index in [9.17, 15) is 4.79 Å². The summed E-state index contributed by atoms with van der Waals surface area (Å²) in [5.74, 6) is -0.509. The Morgan fingerprint density at radius 3 is 2.65 bits per heavy atom. The molecular weight excluding hydrogens is 399 g/mol. The van der Waals surface area contributed by atoms with Crippen molar-refractivity contribution >= 4 is 52.0 Å². The van der Waals surface area contributed by atoms with Crippen molar-refractivity contribution in [3.05, 3.63) is 56.7 Å². The molecule has 0 aliphatic carbocycles. The van der Waals surface area contributed by atoms with Crippen LogP contribution in [-0.2, 0) is 25.7 Å². The van der Waals surface area contributed by atoms with Crippen LogP contribution in [0.25, 0.3) is 5.57 Å². The van der Waals surface area contributed by atoms with Crippen molar-refractivity contribution in [3.63, 3.8) is 0 Å². The lowest BCUT2D eigenvalue weighted by Gasteiger charge is -2.11. The van der Waals surface area contributed by atoms with Gasteiger partial charge in [-0.1, -0.05) is 52.6 Å². The van der Waals surface area contributed by atoms with Gasteiger partial charge in [0, 0.05) is 5.56 Å². The van der Waals surface area contributed by atoms with E-state index in [1.807, 2.05) is 12.1 Å². The van der Waals surface area contributed by atoms with Crippen LogP contribution >= 0.6 is 34.7 Å². The molecule has 0 bridgehead atoms. The molecule has 1 aromatic heterocycles. The Kier molecular flexibility index (Phi) is 7.44. The van der Waals surface area contributed by atoms with Crippen molar-refractivity contribution < 1.29 is 19.1 Å². The van der Waals surface area contributed by atoms with Crippen LogP contribution in [0.4, 0.5) is 0 Å². The predicted molar refractivity (Wildman–Crippen MR) is 103 cm³/mol. The van der Waals surface area contributed by atoms with E-state index in [0.717, 1.165) is 17.1 Å². The molecule has 0 saturated carbocycles. The Hall–Kier alpha value is -2.09. The minimum atomic E-state index is -0.509. The Bertz CT molecular complexity index is 849. The highest BCUT2D eigenvalue weighted by molar-refractivity contribution is 7.09. The number of hydrogen-bond acceptors (Lipinski definition) is 7. The number of ether oxygens (including phenoxy) is 2. The summed E-state index contributed by atoms with van der Waals surface area (Å²) >= 11 is 13.0. The third kappa shape index (κ3) is 4.75. The fourth-order valence-corrected chi connectivity index (χ4v) is 3.28. The van der Waals surface area contributed by atoms with Gasteiger partial charge in [0.2, 0.25) is 0 Å². The van der Waals surface area contributed by atoms with E-state index in [-0.39, 0.29) is 17.3 Å². The molecule has 1 heterocycles. The summed E-state index contributed by atoms with van der Waals surface area (Å²) in [7, 11) is 2.77. The fourth-order valence-electron chi connectivity index (χ4n) is 2.08. The summed E-state index contributed by atoms with van der Waals surface area (Å²) in [6.07, 6.45) is 1.33. The van der Waals surface area contributed by atoms with Crippen molar-refractivity contribution in [3.8, 4) is 0 Å². The molecule has 2 rings (SSSR count). The summed E-state index contributed by atoms with van der Waals surface area (Å²) in [5, 5.41) is 4.63. The molecule has 0 spiro atoms. The molecule has 6 nitrogen and oxygen atoms in total. The molecule has 0 aliphatic heterocycles. The van der Waals surface area contributed by atoms with Gasteiger partial charge in [-0.25, -0.2) is 4.79 Å². The number of aromatic nitrogens is 1. The number of oxime groups is 1. The third-order valence-electron chi connectivity index (χ3n) is 3.30. The highest BCUT2D eigenvalue weighted by Gasteiger charge is 2.17. The molecule has 1 aromatic carbocycles. The first-order valence-electron chi connectivity index (χ1n) is 7.36. The number of halogens is 2. The summed E-state index contributed by atoms with van der Waals surface area (Å²) < 4.78 is 13.7. The first-order valence-corrected chi connectivity index (χ1v) is 8.89. The second-order valence-electron chi connectivity index (χ2n) is 4.98. The summed E-state index contributed by atoms with van der Waals surface area (Å²) in [4.78, 5) is 18.1. The molecule has 9 heteroatoms. The van der Waals surface area contributed by atoms with E-state index in [0.29, 0.717) is 21.2 Å². The average molecular weight is 415 g/mol. The molecule has 138 valence electrons. The Morgan fingerprint density at radius 2 is 2.04 bits per heavy atom. The van der Waals surface area contributed by atoms with E-state index >= 15 is 0 Å². The minimum absolute atomic E-state index is 0.135. The standard InChI is InChI=1S/C17H16Cl2N2O4S/c1-10(15-14(18)16(19)21-26-15)20-25-8-11-6-4-5-7-12(11)13(9-23-2)17(22)24-3/h4-7,9H,8H2,1-3H3/b13-9+,20-10+.